The molecule has 2 aromatic rings. The van der Waals surface area contributed by atoms with Crippen molar-refractivity contribution in [3.63, 3.8) is 0 Å². The first-order valence-electron chi connectivity index (χ1n) is 10.2. The Kier molecular flexibility index (Phi) is 6.73. The zero-order valence-corrected chi connectivity index (χ0v) is 17.6. The average Bonchev–Trinajstić information content (AvgIpc) is 3.13. The van der Waals surface area contributed by atoms with Crippen molar-refractivity contribution >= 4 is 11.7 Å². The molecule has 0 spiro atoms. The Bertz CT molecular complexity index is 798. The number of amides is 2. The summed E-state index contributed by atoms with van der Waals surface area (Å²) in [5.74, 6) is 1.41. The van der Waals surface area contributed by atoms with Crippen LogP contribution in [0.4, 0.5) is 10.5 Å². The summed E-state index contributed by atoms with van der Waals surface area (Å²) < 4.78 is 2.26. The van der Waals surface area contributed by atoms with Crippen molar-refractivity contribution in [2.75, 3.05) is 39.0 Å². The van der Waals surface area contributed by atoms with Gasteiger partial charge in [-0.1, -0.05) is 6.07 Å². The smallest absolute Gasteiger partial charge is 0.321 e. The van der Waals surface area contributed by atoms with Crippen molar-refractivity contribution in [2.45, 2.75) is 45.6 Å². The quantitative estimate of drug-likeness (QED) is 0.824. The zero-order chi connectivity index (χ0) is 20.1. The van der Waals surface area contributed by atoms with Gasteiger partial charge in [0.15, 0.2) is 0 Å². The number of nitrogens with zero attached hydrogens (tertiary/aromatic N) is 4. The van der Waals surface area contributed by atoms with E-state index < -0.39 is 0 Å². The molecule has 1 atom stereocenters. The maximum Gasteiger partial charge on any atom is 0.321 e. The summed E-state index contributed by atoms with van der Waals surface area (Å²) in [6.07, 6.45) is 7.14. The van der Waals surface area contributed by atoms with Gasteiger partial charge in [-0.05, 0) is 77.0 Å². The highest BCUT2D eigenvalue weighted by atomic mass is 16.2. The van der Waals surface area contributed by atoms with Crippen molar-refractivity contribution < 1.29 is 4.79 Å². The normalized spacial score (nSPS) is 17.2. The van der Waals surface area contributed by atoms with Crippen LogP contribution in [0.5, 0.6) is 0 Å². The number of aromatic nitrogens is 2. The molecule has 1 aromatic heterocycles. The molecule has 152 valence electrons. The largest absolute Gasteiger partial charge is 0.335 e. The Hall–Kier alpha value is -2.34. The molecular weight excluding hydrogens is 350 g/mol. The van der Waals surface area contributed by atoms with Crippen LogP contribution >= 0.6 is 0 Å². The van der Waals surface area contributed by atoms with E-state index in [0.29, 0.717) is 5.92 Å². The highest BCUT2D eigenvalue weighted by Gasteiger charge is 2.27. The van der Waals surface area contributed by atoms with Gasteiger partial charge in [-0.15, -0.1) is 0 Å². The van der Waals surface area contributed by atoms with E-state index >= 15 is 0 Å². The number of likely N-dealkylation sites (tertiary alicyclic amines) is 1. The SMILES string of the molecule is Cc1ccc(NC(=O)N2CCC[C@@H](c3nccn3CCCN(C)C)C2)cc1C. The third-order valence-corrected chi connectivity index (χ3v) is 5.58. The number of hydrogen-bond acceptors (Lipinski definition) is 3. The van der Waals surface area contributed by atoms with Gasteiger partial charge in [-0.25, -0.2) is 9.78 Å². The third-order valence-electron chi connectivity index (χ3n) is 5.58. The van der Waals surface area contributed by atoms with E-state index in [4.69, 9.17) is 0 Å². The molecule has 1 aliphatic rings. The van der Waals surface area contributed by atoms with Crippen LogP contribution in [0.3, 0.4) is 0 Å². The second kappa shape index (κ2) is 9.24. The van der Waals surface area contributed by atoms with Crippen LogP contribution in [0.25, 0.3) is 0 Å². The van der Waals surface area contributed by atoms with E-state index in [9.17, 15) is 4.79 Å². The van der Waals surface area contributed by atoms with E-state index in [2.05, 4.69) is 60.0 Å². The molecular formula is C22H33N5O. The molecule has 1 N–H and O–H groups in total. The van der Waals surface area contributed by atoms with Gasteiger partial charge in [0, 0.05) is 43.6 Å². The Labute approximate surface area is 168 Å². The Morgan fingerprint density at radius 3 is 2.86 bits per heavy atom. The summed E-state index contributed by atoms with van der Waals surface area (Å²) in [6.45, 7) is 7.70. The number of aryl methyl sites for hydroxylation is 3. The second-order valence-electron chi connectivity index (χ2n) is 8.15. The van der Waals surface area contributed by atoms with Crippen LogP contribution in [-0.2, 0) is 6.54 Å². The highest BCUT2D eigenvalue weighted by Crippen LogP contribution is 2.26. The molecule has 6 heteroatoms. The highest BCUT2D eigenvalue weighted by molar-refractivity contribution is 5.89. The summed E-state index contributed by atoms with van der Waals surface area (Å²) in [5.41, 5.74) is 3.28. The lowest BCUT2D eigenvalue weighted by molar-refractivity contribution is 0.190. The van der Waals surface area contributed by atoms with Gasteiger partial charge in [0.2, 0.25) is 0 Å². The topological polar surface area (TPSA) is 53.4 Å². The molecule has 0 unspecified atom stereocenters. The first kappa shape index (κ1) is 20.4. The monoisotopic (exact) mass is 383 g/mol. The molecule has 1 fully saturated rings. The lowest BCUT2D eigenvalue weighted by Gasteiger charge is -2.32. The van der Waals surface area contributed by atoms with E-state index in [1.165, 1.54) is 11.1 Å². The van der Waals surface area contributed by atoms with Gasteiger partial charge in [0.25, 0.3) is 0 Å². The van der Waals surface area contributed by atoms with Crippen LogP contribution in [0.1, 0.15) is 42.1 Å². The number of piperidine rings is 1. The lowest BCUT2D eigenvalue weighted by atomic mass is 9.97. The van der Waals surface area contributed by atoms with E-state index in [-0.39, 0.29) is 6.03 Å². The maximum absolute atomic E-state index is 12.8. The van der Waals surface area contributed by atoms with Crippen LogP contribution < -0.4 is 5.32 Å². The van der Waals surface area contributed by atoms with Gasteiger partial charge >= 0.3 is 6.03 Å². The minimum absolute atomic E-state index is 0.0151. The minimum atomic E-state index is -0.0151. The summed E-state index contributed by atoms with van der Waals surface area (Å²) in [5, 5.41) is 3.06. The van der Waals surface area contributed by atoms with Gasteiger partial charge in [-0.3, -0.25) is 0 Å². The number of urea groups is 1. The molecule has 0 radical (unpaired) electrons. The minimum Gasteiger partial charge on any atom is -0.335 e. The number of imidazole rings is 1. The number of carbonyl (C=O) groups excluding carboxylic acids is 1. The molecule has 1 aliphatic heterocycles. The fourth-order valence-electron chi connectivity index (χ4n) is 3.82. The second-order valence-corrected chi connectivity index (χ2v) is 8.15. The number of nitrogens with one attached hydrogen (secondary N) is 1. The van der Waals surface area contributed by atoms with Gasteiger partial charge < -0.3 is 19.7 Å². The first-order valence-corrected chi connectivity index (χ1v) is 10.2. The number of anilines is 1. The molecule has 2 heterocycles. The van der Waals surface area contributed by atoms with Gasteiger partial charge in [-0.2, -0.15) is 0 Å². The van der Waals surface area contributed by atoms with E-state index in [1.54, 1.807) is 0 Å². The summed E-state index contributed by atoms with van der Waals surface area (Å²) in [7, 11) is 4.20. The predicted octanol–water partition coefficient (Wildman–Crippen LogP) is 3.86. The molecule has 28 heavy (non-hydrogen) atoms. The zero-order valence-electron chi connectivity index (χ0n) is 17.6. The first-order chi connectivity index (χ1) is 13.4. The molecule has 1 saturated heterocycles. The van der Waals surface area contributed by atoms with Crippen molar-refractivity contribution in [2.24, 2.45) is 0 Å². The average molecular weight is 384 g/mol. The molecule has 0 aliphatic carbocycles. The Morgan fingerprint density at radius 2 is 2.11 bits per heavy atom. The van der Waals surface area contributed by atoms with Crippen LogP contribution in [-0.4, -0.2) is 59.1 Å². The van der Waals surface area contributed by atoms with Crippen LogP contribution in [0, 0.1) is 13.8 Å². The number of hydrogen-bond donors (Lipinski definition) is 1. The van der Waals surface area contributed by atoms with Crippen molar-refractivity contribution in [1.29, 1.82) is 0 Å². The third kappa shape index (κ3) is 5.13. The molecule has 1 aromatic carbocycles. The lowest BCUT2D eigenvalue weighted by Crippen LogP contribution is -2.42. The summed E-state index contributed by atoms with van der Waals surface area (Å²) >= 11 is 0. The summed E-state index contributed by atoms with van der Waals surface area (Å²) in [6, 6.07) is 6.04. The van der Waals surface area contributed by atoms with E-state index in [0.717, 1.165) is 57.0 Å². The molecule has 3 rings (SSSR count). The van der Waals surface area contributed by atoms with Gasteiger partial charge in [0.05, 0.1) is 0 Å². The van der Waals surface area contributed by atoms with Crippen molar-refractivity contribution in [3.8, 4) is 0 Å². The van der Waals surface area contributed by atoms with Crippen LogP contribution in [0.15, 0.2) is 30.6 Å². The van der Waals surface area contributed by atoms with Crippen LogP contribution in [0.2, 0.25) is 0 Å². The van der Waals surface area contributed by atoms with Crippen molar-refractivity contribution in [1.82, 2.24) is 19.4 Å². The Balaban J connectivity index is 1.61. The fourth-order valence-corrected chi connectivity index (χ4v) is 3.82. The number of benzene rings is 1. The Morgan fingerprint density at radius 1 is 1.29 bits per heavy atom. The predicted molar refractivity (Wildman–Crippen MR) is 114 cm³/mol. The molecule has 0 saturated carbocycles. The van der Waals surface area contributed by atoms with E-state index in [1.807, 2.05) is 23.2 Å². The van der Waals surface area contributed by atoms with Gasteiger partial charge in [0.1, 0.15) is 5.82 Å². The maximum atomic E-state index is 12.8. The van der Waals surface area contributed by atoms with Crippen molar-refractivity contribution in [3.05, 3.63) is 47.5 Å². The molecule has 6 nitrogen and oxygen atoms in total. The standard InChI is InChI=1S/C22H33N5O/c1-17-8-9-20(15-18(17)2)24-22(28)27-12-5-7-19(16-27)21-23-10-14-26(21)13-6-11-25(3)4/h8-10,14-15,19H,5-7,11-13,16H2,1-4H3,(H,24,28)/t19-/m1/s1. The fraction of sp³-hybridized carbons (Fsp3) is 0.545. The number of carbonyl (C=O) groups is 1. The number of rotatable bonds is 6. The summed E-state index contributed by atoms with van der Waals surface area (Å²) in [4.78, 5) is 21.6. The molecule has 2 amide bonds. The molecule has 0 bridgehead atoms.